The number of halogens is 3. The molecular formula is C14H11BrClFO3S. The van der Waals surface area contributed by atoms with Crippen LogP contribution in [0.25, 0.3) is 0 Å². The van der Waals surface area contributed by atoms with Gasteiger partial charge in [-0.1, -0.05) is 28.1 Å². The first-order valence-electron chi connectivity index (χ1n) is 5.89. The highest BCUT2D eigenvalue weighted by Gasteiger charge is 2.17. The van der Waals surface area contributed by atoms with E-state index in [0.717, 1.165) is 5.56 Å². The summed E-state index contributed by atoms with van der Waals surface area (Å²) in [6, 6.07) is 8.88. The molecule has 2 aromatic rings. The minimum atomic E-state index is -3.90. The molecule has 0 spiro atoms. The molecule has 0 fully saturated rings. The lowest BCUT2D eigenvalue weighted by Gasteiger charge is -2.11. The van der Waals surface area contributed by atoms with E-state index < -0.39 is 9.05 Å². The Hall–Kier alpha value is -1.11. The van der Waals surface area contributed by atoms with Crippen LogP contribution >= 0.6 is 26.6 Å². The Balaban J connectivity index is 2.28. The summed E-state index contributed by atoms with van der Waals surface area (Å²) in [5.41, 5.74) is 1.44. The van der Waals surface area contributed by atoms with Crippen molar-refractivity contribution in [2.24, 2.45) is 0 Å². The van der Waals surface area contributed by atoms with Crippen molar-refractivity contribution in [1.82, 2.24) is 0 Å². The van der Waals surface area contributed by atoms with Crippen molar-refractivity contribution < 1.29 is 17.5 Å². The van der Waals surface area contributed by atoms with Crippen molar-refractivity contribution in [2.75, 3.05) is 0 Å². The van der Waals surface area contributed by atoms with E-state index in [-0.39, 0.29) is 23.1 Å². The number of ether oxygens (including phenoxy) is 1. The monoisotopic (exact) mass is 392 g/mol. The molecule has 112 valence electrons. The maximum Gasteiger partial charge on any atom is 0.264 e. The minimum Gasteiger partial charge on any atom is -0.487 e. The Morgan fingerprint density at radius 2 is 1.95 bits per heavy atom. The summed E-state index contributed by atoms with van der Waals surface area (Å²) in [6.07, 6.45) is 0. The van der Waals surface area contributed by atoms with E-state index in [0.29, 0.717) is 10.0 Å². The van der Waals surface area contributed by atoms with Gasteiger partial charge in [0, 0.05) is 20.7 Å². The Labute approximate surface area is 135 Å². The SMILES string of the molecule is Cc1ccc(OCc2ccc(F)cc2Br)c(S(=O)(=O)Cl)c1. The zero-order valence-corrected chi connectivity index (χ0v) is 14.1. The first kappa shape index (κ1) is 16.3. The third-order valence-electron chi connectivity index (χ3n) is 2.76. The summed E-state index contributed by atoms with van der Waals surface area (Å²) in [5.74, 6) is -0.211. The van der Waals surface area contributed by atoms with Crippen molar-refractivity contribution in [2.45, 2.75) is 18.4 Å². The number of hydrogen-bond donors (Lipinski definition) is 0. The standard InChI is InChI=1S/C14H11BrClFO3S/c1-9-2-5-13(14(6-9)21(16,18)19)20-8-10-3-4-11(17)7-12(10)15/h2-7H,8H2,1H3. The smallest absolute Gasteiger partial charge is 0.264 e. The topological polar surface area (TPSA) is 43.4 Å². The lowest BCUT2D eigenvalue weighted by Crippen LogP contribution is -2.02. The fraction of sp³-hybridized carbons (Fsp3) is 0.143. The Morgan fingerprint density at radius 1 is 1.24 bits per heavy atom. The summed E-state index contributed by atoms with van der Waals surface area (Å²) in [4.78, 5) is -0.0811. The molecule has 0 aliphatic rings. The molecule has 2 aromatic carbocycles. The third kappa shape index (κ3) is 4.18. The first-order valence-corrected chi connectivity index (χ1v) is 8.99. The predicted molar refractivity (Wildman–Crippen MR) is 82.6 cm³/mol. The summed E-state index contributed by atoms with van der Waals surface area (Å²) < 4.78 is 42.2. The van der Waals surface area contributed by atoms with Crippen molar-refractivity contribution in [3.8, 4) is 5.75 Å². The maximum absolute atomic E-state index is 13.0. The first-order chi connectivity index (χ1) is 9.77. The van der Waals surface area contributed by atoms with Crippen LogP contribution < -0.4 is 4.74 Å². The fourth-order valence-corrected chi connectivity index (χ4v) is 3.24. The second-order valence-electron chi connectivity index (χ2n) is 4.41. The Bertz CT molecular complexity index is 778. The van der Waals surface area contributed by atoms with Crippen molar-refractivity contribution >= 4 is 35.7 Å². The highest BCUT2D eigenvalue weighted by Crippen LogP contribution is 2.29. The molecular weight excluding hydrogens is 383 g/mol. The summed E-state index contributed by atoms with van der Waals surface area (Å²) >= 11 is 3.23. The zero-order valence-electron chi connectivity index (χ0n) is 10.9. The van der Waals surface area contributed by atoms with Crippen LogP contribution in [0.3, 0.4) is 0 Å². The second-order valence-corrected chi connectivity index (χ2v) is 7.80. The highest BCUT2D eigenvalue weighted by atomic mass is 79.9. The molecule has 0 atom stereocenters. The van der Waals surface area contributed by atoms with Gasteiger partial charge in [-0.3, -0.25) is 0 Å². The summed E-state index contributed by atoms with van der Waals surface area (Å²) in [7, 11) is 1.50. The maximum atomic E-state index is 13.0. The van der Waals surface area contributed by atoms with Gasteiger partial charge in [-0.2, -0.15) is 0 Å². The third-order valence-corrected chi connectivity index (χ3v) is 4.84. The van der Waals surface area contributed by atoms with Gasteiger partial charge in [0.15, 0.2) is 0 Å². The lowest BCUT2D eigenvalue weighted by molar-refractivity contribution is 0.297. The molecule has 0 bridgehead atoms. The van der Waals surface area contributed by atoms with Gasteiger partial charge in [-0.25, -0.2) is 12.8 Å². The quantitative estimate of drug-likeness (QED) is 0.723. The average Bonchev–Trinajstić information content (AvgIpc) is 2.38. The number of benzene rings is 2. The van der Waals surface area contributed by atoms with Crippen molar-refractivity contribution in [3.63, 3.8) is 0 Å². The summed E-state index contributed by atoms with van der Waals surface area (Å²) in [5, 5.41) is 0. The van der Waals surface area contributed by atoms with Gasteiger partial charge in [-0.15, -0.1) is 0 Å². The molecule has 0 aliphatic heterocycles. The number of rotatable bonds is 4. The van der Waals surface area contributed by atoms with Gasteiger partial charge in [-0.05, 0) is 36.8 Å². The number of hydrogen-bond acceptors (Lipinski definition) is 3. The summed E-state index contributed by atoms with van der Waals surface area (Å²) in [6.45, 7) is 1.84. The molecule has 0 saturated heterocycles. The fourth-order valence-electron chi connectivity index (χ4n) is 1.72. The van der Waals surface area contributed by atoms with E-state index in [1.807, 2.05) is 0 Å². The van der Waals surface area contributed by atoms with Crippen LogP contribution in [0, 0.1) is 12.7 Å². The van der Waals surface area contributed by atoms with Crippen LogP contribution in [0.15, 0.2) is 45.8 Å². The molecule has 0 amide bonds. The van der Waals surface area contributed by atoms with Gasteiger partial charge >= 0.3 is 0 Å². The molecule has 0 radical (unpaired) electrons. The molecule has 0 aliphatic carbocycles. The second kappa shape index (κ2) is 6.34. The lowest BCUT2D eigenvalue weighted by atomic mass is 10.2. The van der Waals surface area contributed by atoms with Crippen molar-refractivity contribution in [3.05, 3.63) is 57.8 Å². The van der Waals surface area contributed by atoms with Gasteiger partial charge in [0.2, 0.25) is 0 Å². The molecule has 7 heteroatoms. The minimum absolute atomic E-state index is 0.0811. The van der Waals surface area contributed by atoms with E-state index >= 15 is 0 Å². The van der Waals surface area contributed by atoms with E-state index in [9.17, 15) is 12.8 Å². The molecule has 0 unspecified atom stereocenters. The highest BCUT2D eigenvalue weighted by molar-refractivity contribution is 9.10. The number of aryl methyl sites for hydroxylation is 1. The van der Waals surface area contributed by atoms with E-state index in [1.54, 1.807) is 25.1 Å². The molecule has 0 heterocycles. The van der Waals surface area contributed by atoms with Crippen LogP contribution in [0.2, 0.25) is 0 Å². The van der Waals surface area contributed by atoms with E-state index in [4.69, 9.17) is 15.4 Å². The molecule has 2 rings (SSSR count). The predicted octanol–water partition coefficient (Wildman–Crippen LogP) is 4.40. The average molecular weight is 394 g/mol. The molecule has 0 aromatic heterocycles. The Kier molecular flexibility index (Phi) is 4.91. The van der Waals surface area contributed by atoms with Crippen molar-refractivity contribution in [1.29, 1.82) is 0 Å². The van der Waals surface area contributed by atoms with E-state index in [2.05, 4.69) is 15.9 Å². The van der Waals surface area contributed by atoms with Gasteiger partial charge in [0.1, 0.15) is 23.1 Å². The molecule has 0 N–H and O–H groups in total. The van der Waals surface area contributed by atoms with Gasteiger partial charge < -0.3 is 4.74 Å². The normalized spacial score (nSPS) is 11.4. The van der Waals surface area contributed by atoms with Crippen LogP contribution in [-0.2, 0) is 15.7 Å². The van der Waals surface area contributed by atoms with E-state index in [1.165, 1.54) is 18.2 Å². The van der Waals surface area contributed by atoms with Gasteiger partial charge in [0.05, 0.1) is 0 Å². The van der Waals surface area contributed by atoms with Crippen LogP contribution in [-0.4, -0.2) is 8.42 Å². The zero-order chi connectivity index (χ0) is 15.6. The molecule has 0 saturated carbocycles. The van der Waals surface area contributed by atoms with Crippen LogP contribution in [0.5, 0.6) is 5.75 Å². The molecule has 3 nitrogen and oxygen atoms in total. The molecule has 21 heavy (non-hydrogen) atoms. The largest absolute Gasteiger partial charge is 0.487 e. The van der Waals surface area contributed by atoms with Crippen LogP contribution in [0.1, 0.15) is 11.1 Å². The van der Waals surface area contributed by atoms with Gasteiger partial charge in [0.25, 0.3) is 9.05 Å². The Morgan fingerprint density at radius 3 is 2.57 bits per heavy atom. The van der Waals surface area contributed by atoms with Crippen LogP contribution in [0.4, 0.5) is 4.39 Å².